The van der Waals surface area contributed by atoms with Gasteiger partial charge in [0.15, 0.2) is 0 Å². The first-order valence-electron chi connectivity index (χ1n) is 5.96. The topological polar surface area (TPSA) is 29.1 Å². The van der Waals surface area contributed by atoms with Crippen molar-refractivity contribution in [1.82, 2.24) is 0 Å². The Bertz CT molecular complexity index is 638. The average Bonchev–Trinajstić information content (AvgIpc) is 2.37. The number of carbonyl (C=O) groups is 1. The van der Waals surface area contributed by atoms with Crippen LogP contribution in [-0.2, 0) is 11.2 Å². The molecule has 1 amide bonds. The van der Waals surface area contributed by atoms with Crippen molar-refractivity contribution >= 4 is 34.8 Å². The van der Waals surface area contributed by atoms with Crippen LogP contribution in [0.15, 0.2) is 36.4 Å². The van der Waals surface area contributed by atoms with Crippen LogP contribution >= 0.6 is 23.2 Å². The summed E-state index contributed by atoms with van der Waals surface area (Å²) in [7, 11) is 0. The Morgan fingerprint density at radius 3 is 2.60 bits per heavy atom. The normalized spacial score (nSPS) is 10.4. The molecular formula is C15H12Cl2FNO. The highest BCUT2D eigenvalue weighted by atomic mass is 35.5. The summed E-state index contributed by atoms with van der Waals surface area (Å²) in [5.41, 5.74) is 1.66. The van der Waals surface area contributed by atoms with Gasteiger partial charge in [0.25, 0.3) is 0 Å². The molecule has 0 saturated carbocycles. The predicted molar refractivity (Wildman–Crippen MR) is 79.9 cm³/mol. The summed E-state index contributed by atoms with van der Waals surface area (Å²) >= 11 is 11.9. The van der Waals surface area contributed by atoms with Gasteiger partial charge in [0.2, 0.25) is 5.91 Å². The summed E-state index contributed by atoms with van der Waals surface area (Å²) in [6.45, 7) is 1.90. The predicted octanol–water partition coefficient (Wildman–Crippen LogP) is 4.62. The molecule has 20 heavy (non-hydrogen) atoms. The molecule has 104 valence electrons. The zero-order valence-electron chi connectivity index (χ0n) is 10.7. The molecule has 0 saturated heterocycles. The van der Waals surface area contributed by atoms with E-state index in [9.17, 15) is 9.18 Å². The lowest BCUT2D eigenvalue weighted by atomic mass is 10.1. The van der Waals surface area contributed by atoms with Crippen LogP contribution in [0.25, 0.3) is 0 Å². The Morgan fingerprint density at radius 1 is 1.20 bits per heavy atom. The Kier molecular flexibility index (Phi) is 4.63. The van der Waals surface area contributed by atoms with E-state index in [1.807, 2.05) is 13.0 Å². The first kappa shape index (κ1) is 14.8. The standard InChI is InChI=1S/C15H12Cl2FNO/c1-9-5-6-14(12(17)7-9)19-15(20)8-10-11(16)3-2-4-13(10)18/h2-7H,8H2,1H3,(H,19,20). The molecule has 0 aromatic heterocycles. The number of hydrogen-bond donors (Lipinski definition) is 1. The van der Waals surface area contributed by atoms with E-state index in [0.717, 1.165) is 5.56 Å². The molecule has 0 heterocycles. The third-order valence-electron chi connectivity index (χ3n) is 2.80. The minimum Gasteiger partial charge on any atom is -0.324 e. The fourth-order valence-electron chi connectivity index (χ4n) is 1.78. The van der Waals surface area contributed by atoms with Crippen LogP contribution in [0, 0.1) is 12.7 Å². The van der Waals surface area contributed by atoms with E-state index in [1.54, 1.807) is 18.2 Å². The highest BCUT2D eigenvalue weighted by Crippen LogP contribution is 2.24. The van der Waals surface area contributed by atoms with Crippen molar-refractivity contribution in [3.63, 3.8) is 0 Å². The lowest BCUT2D eigenvalue weighted by molar-refractivity contribution is -0.115. The monoisotopic (exact) mass is 311 g/mol. The van der Waals surface area contributed by atoms with Crippen molar-refractivity contribution in [2.75, 3.05) is 5.32 Å². The Morgan fingerprint density at radius 2 is 1.95 bits per heavy atom. The minimum absolute atomic E-state index is 0.143. The minimum atomic E-state index is -0.498. The van der Waals surface area contributed by atoms with Gasteiger partial charge in [-0.1, -0.05) is 35.3 Å². The molecule has 0 bridgehead atoms. The molecule has 0 radical (unpaired) electrons. The number of nitrogens with one attached hydrogen (secondary N) is 1. The van der Waals surface area contributed by atoms with Gasteiger partial charge in [0.05, 0.1) is 17.1 Å². The van der Waals surface area contributed by atoms with E-state index in [4.69, 9.17) is 23.2 Å². The molecule has 2 rings (SSSR count). The summed E-state index contributed by atoms with van der Waals surface area (Å²) in [6.07, 6.45) is -0.143. The lowest BCUT2D eigenvalue weighted by Crippen LogP contribution is -2.15. The van der Waals surface area contributed by atoms with Gasteiger partial charge in [-0.05, 0) is 36.8 Å². The van der Waals surface area contributed by atoms with E-state index in [2.05, 4.69) is 5.32 Å². The molecule has 0 fully saturated rings. The molecule has 0 unspecified atom stereocenters. The van der Waals surface area contributed by atoms with E-state index in [-0.39, 0.29) is 22.9 Å². The second-order valence-corrected chi connectivity index (χ2v) is 5.22. The first-order chi connectivity index (χ1) is 9.47. The lowest BCUT2D eigenvalue weighted by Gasteiger charge is -2.09. The molecule has 2 nitrogen and oxygen atoms in total. The van der Waals surface area contributed by atoms with Crippen LogP contribution in [-0.4, -0.2) is 5.91 Å². The van der Waals surface area contributed by atoms with Crippen molar-refractivity contribution in [3.8, 4) is 0 Å². The fourth-order valence-corrected chi connectivity index (χ4v) is 2.29. The number of benzene rings is 2. The molecule has 2 aromatic carbocycles. The number of halogens is 3. The zero-order chi connectivity index (χ0) is 14.7. The summed E-state index contributed by atoms with van der Waals surface area (Å²) in [5.74, 6) is -0.870. The van der Waals surface area contributed by atoms with Gasteiger partial charge in [-0.3, -0.25) is 4.79 Å². The van der Waals surface area contributed by atoms with Gasteiger partial charge in [0, 0.05) is 10.6 Å². The van der Waals surface area contributed by atoms with Gasteiger partial charge in [0.1, 0.15) is 5.82 Å². The number of aryl methyl sites for hydroxylation is 1. The maximum Gasteiger partial charge on any atom is 0.229 e. The molecule has 0 aliphatic carbocycles. The Hall–Kier alpha value is -1.58. The van der Waals surface area contributed by atoms with Crippen molar-refractivity contribution in [2.24, 2.45) is 0 Å². The summed E-state index contributed by atoms with van der Waals surface area (Å²) in [5, 5.41) is 3.32. The summed E-state index contributed by atoms with van der Waals surface area (Å²) in [6, 6.07) is 9.60. The quantitative estimate of drug-likeness (QED) is 0.880. The fraction of sp³-hybridized carbons (Fsp3) is 0.133. The molecule has 5 heteroatoms. The first-order valence-corrected chi connectivity index (χ1v) is 6.72. The van der Waals surface area contributed by atoms with Crippen molar-refractivity contribution in [2.45, 2.75) is 13.3 Å². The maximum atomic E-state index is 13.6. The van der Waals surface area contributed by atoms with Crippen LogP contribution in [0.3, 0.4) is 0 Å². The van der Waals surface area contributed by atoms with Crippen molar-refractivity contribution in [3.05, 3.63) is 63.4 Å². The van der Waals surface area contributed by atoms with Gasteiger partial charge in [-0.2, -0.15) is 0 Å². The number of hydrogen-bond acceptors (Lipinski definition) is 1. The number of anilines is 1. The Labute approximate surface area is 126 Å². The highest BCUT2D eigenvalue weighted by molar-refractivity contribution is 6.34. The second-order valence-electron chi connectivity index (χ2n) is 4.41. The third kappa shape index (κ3) is 3.50. The van der Waals surface area contributed by atoms with Gasteiger partial charge in [-0.15, -0.1) is 0 Å². The van der Waals surface area contributed by atoms with Crippen LogP contribution in [0.5, 0.6) is 0 Å². The van der Waals surface area contributed by atoms with Gasteiger partial charge >= 0.3 is 0 Å². The van der Waals surface area contributed by atoms with Crippen LogP contribution in [0.1, 0.15) is 11.1 Å². The highest BCUT2D eigenvalue weighted by Gasteiger charge is 2.13. The molecule has 1 N–H and O–H groups in total. The SMILES string of the molecule is Cc1ccc(NC(=O)Cc2c(F)cccc2Cl)c(Cl)c1. The van der Waals surface area contributed by atoms with Crippen LogP contribution < -0.4 is 5.32 Å². The maximum absolute atomic E-state index is 13.6. The van der Waals surface area contributed by atoms with Crippen LogP contribution in [0.4, 0.5) is 10.1 Å². The van der Waals surface area contributed by atoms with Crippen LogP contribution in [0.2, 0.25) is 10.0 Å². The van der Waals surface area contributed by atoms with E-state index in [0.29, 0.717) is 10.7 Å². The molecular weight excluding hydrogens is 300 g/mol. The molecule has 0 atom stereocenters. The van der Waals surface area contributed by atoms with Crippen molar-refractivity contribution in [1.29, 1.82) is 0 Å². The molecule has 0 aliphatic heterocycles. The molecule has 2 aromatic rings. The molecule has 0 aliphatic rings. The number of amides is 1. The largest absolute Gasteiger partial charge is 0.324 e. The van der Waals surface area contributed by atoms with E-state index >= 15 is 0 Å². The second kappa shape index (κ2) is 6.25. The number of carbonyl (C=O) groups excluding carboxylic acids is 1. The van der Waals surface area contributed by atoms with E-state index in [1.165, 1.54) is 12.1 Å². The summed E-state index contributed by atoms with van der Waals surface area (Å²) < 4.78 is 13.6. The Balaban J connectivity index is 2.13. The van der Waals surface area contributed by atoms with Crippen molar-refractivity contribution < 1.29 is 9.18 Å². The van der Waals surface area contributed by atoms with Gasteiger partial charge in [-0.25, -0.2) is 4.39 Å². The van der Waals surface area contributed by atoms with Gasteiger partial charge < -0.3 is 5.32 Å². The zero-order valence-corrected chi connectivity index (χ0v) is 12.2. The smallest absolute Gasteiger partial charge is 0.229 e. The average molecular weight is 312 g/mol. The summed E-state index contributed by atoms with van der Waals surface area (Å²) in [4.78, 5) is 11.9. The van der Waals surface area contributed by atoms with E-state index < -0.39 is 5.82 Å². The number of rotatable bonds is 3. The third-order valence-corrected chi connectivity index (χ3v) is 3.46. The molecule has 0 spiro atoms.